The Morgan fingerprint density at radius 1 is 0.882 bits per heavy atom. The van der Waals surface area contributed by atoms with Gasteiger partial charge in [-0.05, 0) is 17.8 Å². The predicted molar refractivity (Wildman–Crippen MR) is 82.3 cm³/mol. The highest BCUT2D eigenvalue weighted by Gasteiger charge is 2.11. The highest BCUT2D eigenvalue weighted by molar-refractivity contribution is 4.62. The van der Waals surface area contributed by atoms with Crippen LogP contribution in [0.5, 0.6) is 0 Å². The van der Waals surface area contributed by atoms with Gasteiger partial charge in [0.25, 0.3) is 0 Å². The Bertz CT molecular complexity index is 121. The van der Waals surface area contributed by atoms with Gasteiger partial charge in [0.05, 0.1) is 0 Å². The summed E-state index contributed by atoms with van der Waals surface area (Å²) in [4.78, 5) is 0. The number of hydrogen-bond acceptors (Lipinski definition) is 0. The average molecular weight is 241 g/mol. The smallest absolute Gasteiger partial charge is 0.0380 e. The normalized spacial score (nSPS) is 11.3. The molecule has 0 amide bonds. The molecule has 0 rings (SSSR count). The first kappa shape index (κ1) is 19.3. The first-order chi connectivity index (χ1) is 7.83. The largest absolute Gasteiger partial charge is 0.0654 e. The molecule has 0 heterocycles. The van der Waals surface area contributed by atoms with E-state index >= 15 is 0 Å². The summed E-state index contributed by atoms with van der Waals surface area (Å²) in [7, 11) is 0. The molecule has 105 valence electrons. The molecule has 0 aromatic rings. The lowest BCUT2D eigenvalue weighted by Gasteiger charge is -2.19. The van der Waals surface area contributed by atoms with Crippen molar-refractivity contribution in [1.82, 2.24) is 0 Å². The number of rotatable bonds is 7. The van der Waals surface area contributed by atoms with Crippen LogP contribution in [0.2, 0.25) is 0 Å². The molecular formula is C17H37. The van der Waals surface area contributed by atoms with E-state index in [-0.39, 0.29) is 0 Å². The van der Waals surface area contributed by atoms with Crippen LogP contribution < -0.4 is 0 Å². The SMILES string of the molecule is CC(C)CC(C)(C)C.[CH2]CCCCCCCC. The molecule has 0 aromatic carbocycles. The average Bonchev–Trinajstić information content (AvgIpc) is 2.15. The number of unbranched alkanes of at least 4 members (excludes halogenated alkanes) is 6. The summed E-state index contributed by atoms with van der Waals surface area (Å²) < 4.78 is 0. The molecule has 0 heteroatoms. The quantitative estimate of drug-likeness (QED) is 0.438. The molecule has 0 atom stereocenters. The zero-order valence-corrected chi connectivity index (χ0v) is 13.4. The molecular weight excluding hydrogens is 204 g/mol. The third-order valence-corrected chi connectivity index (χ3v) is 2.62. The van der Waals surface area contributed by atoms with Gasteiger partial charge in [0.1, 0.15) is 0 Å². The minimum atomic E-state index is 0.522. The Balaban J connectivity index is 0. The van der Waals surface area contributed by atoms with Crippen molar-refractivity contribution in [3.05, 3.63) is 6.92 Å². The van der Waals surface area contributed by atoms with Gasteiger partial charge in [0, 0.05) is 0 Å². The van der Waals surface area contributed by atoms with Crippen LogP contribution in [0.3, 0.4) is 0 Å². The van der Waals surface area contributed by atoms with Crippen molar-refractivity contribution in [2.75, 3.05) is 0 Å². The summed E-state index contributed by atoms with van der Waals surface area (Å²) in [6, 6.07) is 0. The van der Waals surface area contributed by atoms with Crippen LogP contribution in [0.25, 0.3) is 0 Å². The van der Waals surface area contributed by atoms with E-state index in [1.165, 1.54) is 44.9 Å². The molecule has 0 saturated carbocycles. The molecule has 1 radical (unpaired) electrons. The highest BCUT2D eigenvalue weighted by atomic mass is 14.2. The fourth-order valence-electron chi connectivity index (χ4n) is 2.18. The van der Waals surface area contributed by atoms with Crippen molar-refractivity contribution < 1.29 is 0 Å². The second-order valence-corrected chi connectivity index (χ2v) is 6.78. The van der Waals surface area contributed by atoms with Gasteiger partial charge >= 0.3 is 0 Å². The minimum Gasteiger partial charge on any atom is -0.0654 e. The first-order valence-electron chi connectivity index (χ1n) is 7.62. The van der Waals surface area contributed by atoms with Crippen LogP contribution in [0.4, 0.5) is 0 Å². The van der Waals surface area contributed by atoms with Crippen LogP contribution in [-0.2, 0) is 0 Å². The molecule has 0 saturated heterocycles. The molecule has 0 fully saturated rings. The van der Waals surface area contributed by atoms with Gasteiger partial charge in [-0.1, -0.05) is 93.4 Å². The van der Waals surface area contributed by atoms with Crippen LogP contribution in [0.15, 0.2) is 0 Å². The van der Waals surface area contributed by atoms with E-state index in [0.717, 1.165) is 12.3 Å². The molecule has 0 aromatic heterocycles. The standard InChI is InChI=1S/C9H19.C8H18/c1-3-5-7-9-8-6-4-2;1-7(2)6-8(3,4)5/h1,3-9H2,2H3;7H,6H2,1-5H3. The Kier molecular flexibility index (Phi) is 14.2. The third kappa shape index (κ3) is 25.9. The molecule has 0 aliphatic carbocycles. The summed E-state index contributed by atoms with van der Waals surface area (Å²) in [6.07, 6.45) is 10.8. The molecule has 0 bridgehead atoms. The van der Waals surface area contributed by atoms with Crippen LogP contribution in [0, 0.1) is 18.3 Å². The zero-order valence-electron chi connectivity index (χ0n) is 13.4. The van der Waals surface area contributed by atoms with E-state index in [9.17, 15) is 0 Å². The topological polar surface area (TPSA) is 0 Å². The molecule has 0 spiro atoms. The monoisotopic (exact) mass is 241 g/mol. The van der Waals surface area contributed by atoms with Crippen LogP contribution in [0.1, 0.15) is 92.9 Å². The molecule has 0 aliphatic heterocycles. The summed E-state index contributed by atoms with van der Waals surface area (Å²) >= 11 is 0. The summed E-state index contributed by atoms with van der Waals surface area (Å²) in [5.74, 6) is 0.843. The van der Waals surface area contributed by atoms with E-state index in [1.54, 1.807) is 0 Å². The lowest BCUT2D eigenvalue weighted by atomic mass is 9.86. The lowest BCUT2D eigenvalue weighted by molar-refractivity contribution is 0.320. The molecule has 0 unspecified atom stereocenters. The second kappa shape index (κ2) is 12.5. The third-order valence-electron chi connectivity index (χ3n) is 2.62. The van der Waals surface area contributed by atoms with Gasteiger partial charge < -0.3 is 0 Å². The maximum absolute atomic E-state index is 3.80. The van der Waals surface area contributed by atoms with Gasteiger partial charge in [-0.15, -0.1) is 0 Å². The summed E-state index contributed by atoms with van der Waals surface area (Å²) in [5.41, 5.74) is 0.522. The van der Waals surface area contributed by atoms with Crippen molar-refractivity contribution in [2.24, 2.45) is 11.3 Å². The number of hydrogen-bond donors (Lipinski definition) is 0. The van der Waals surface area contributed by atoms with E-state index < -0.39 is 0 Å². The Hall–Kier alpha value is 0. The van der Waals surface area contributed by atoms with Gasteiger partial charge in [0.15, 0.2) is 0 Å². The Morgan fingerprint density at radius 3 is 1.65 bits per heavy atom. The summed E-state index contributed by atoms with van der Waals surface area (Å²) in [6.45, 7) is 17.4. The van der Waals surface area contributed by atoms with Crippen molar-refractivity contribution >= 4 is 0 Å². The van der Waals surface area contributed by atoms with E-state index in [2.05, 4.69) is 48.5 Å². The van der Waals surface area contributed by atoms with Crippen LogP contribution in [-0.4, -0.2) is 0 Å². The zero-order chi connectivity index (χ0) is 13.7. The van der Waals surface area contributed by atoms with Gasteiger partial charge in [-0.3, -0.25) is 0 Å². The minimum absolute atomic E-state index is 0.522. The van der Waals surface area contributed by atoms with Crippen LogP contribution >= 0.6 is 0 Å². The van der Waals surface area contributed by atoms with E-state index in [0.29, 0.717) is 5.41 Å². The predicted octanol–water partition coefficient (Wildman–Crippen LogP) is 6.65. The molecule has 0 N–H and O–H groups in total. The molecule has 17 heavy (non-hydrogen) atoms. The fourth-order valence-corrected chi connectivity index (χ4v) is 2.18. The van der Waals surface area contributed by atoms with E-state index in [1.807, 2.05) is 0 Å². The summed E-state index contributed by atoms with van der Waals surface area (Å²) in [5, 5.41) is 0. The van der Waals surface area contributed by atoms with Crippen molar-refractivity contribution in [3.8, 4) is 0 Å². The molecule has 0 aliphatic rings. The Labute approximate surface area is 112 Å². The van der Waals surface area contributed by atoms with Gasteiger partial charge in [-0.25, -0.2) is 0 Å². The maximum Gasteiger partial charge on any atom is -0.0380 e. The lowest BCUT2D eigenvalue weighted by Crippen LogP contribution is -2.08. The van der Waals surface area contributed by atoms with Crippen molar-refractivity contribution in [3.63, 3.8) is 0 Å². The highest BCUT2D eigenvalue weighted by Crippen LogP contribution is 2.23. The van der Waals surface area contributed by atoms with Gasteiger partial charge in [-0.2, -0.15) is 0 Å². The van der Waals surface area contributed by atoms with E-state index in [4.69, 9.17) is 0 Å². The Morgan fingerprint density at radius 2 is 1.35 bits per heavy atom. The van der Waals surface area contributed by atoms with Gasteiger partial charge in [0.2, 0.25) is 0 Å². The molecule has 0 nitrogen and oxygen atoms in total. The maximum atomic E-state index is 3.80. The fraction of sp³-hybridized carbons (Fsp3) is 0.941. The van der Waals surface area contributed by atoms with Crippen molar-refractivity contribution in [1.29, 1.82) is 0 Å². The first-order valence-corrected chi connectivity index (χ1v) is 7.62. The second-order valence-electron chi connectivity index (χ2n) is 6.78. The van der Waals surface area contributed by atoms with Crippen molar-refractivity contribution in [2.45, 2.75) is 92.9 Å².